The molecule has 0 bridgehead atoms. The third-order valence-electron chi connectivity index (χ3n) is 15.2. The summed E-state index contributed by atoms with van der Waals surface area (Å²) in [5.41, 5.74) is 1.77. The molecule has 0 aromatic carbocycles. The van der Waals surface area contributed by atoms with Crippen LogP contribution in [0.1, 0.15) is 113 Å². The van der Waals surface area contributed by atoms with Crippen molar-refractivity contribution in [1.29, 1.82) is 0 Å². The molecule has 4 heterocycles. The Kier molecular flexibility index (Phi) is 9.66. The van der Waals surface area contributed by atoms with E-state index < -0.39 is 54.6 Å². The maximum absolute atomic E-state index is 12.2. The summed E-state index contributed by atoms with van der Waals surface area (Å²) in [6.45, 7) is 16.3. The van der Waals surface area contributed by atoms with Crippen LogP contribution < -0.4 is 5.32 Å². The summed E-state index contributed by atoms with van der Waals surface area (Å²) in [4.78, 5) is 36.0. The zero-order chi connectivity index (χ0) is 37.7. The monoisotopic (exact) mass is 743 g/mol. The second kappa shape index (κ2) is 13.5. The quantitative estimate of drug-likeness (QED) is 0.208. The number of allylic oxidation sites excluding steroid dienone is 1. The van der Waals surface area contributed by atoms with Crippen LogP contribution in [0.15, 0.2) is 11.6 Å². The maximum Gasteiger partial charge on any atom is 0.303 e. The summed E-state index contributed by atoms with van der Waals surface area (Å²) in [6.07, 6.45) is 7.53. The molecule has 1 N–H and O–H groups in total. The fourth-order valence-electron chi connectivity index (χ4n) is 12.9. The normalized spacial score (nSPS) is 51.2. The van der Waals surface area contributed by atoms with E-state index in [1.54, 1.807) is 6.92 Å². The van der Waals surface area contributed by atoms with E-state index >= 15 is 0 Å². The average molecular weight is 744 g/mol. The van der Waals surface area contributed by atoms with Crippen molar-refractivity contribution >= 4 is 17.9 Å². The molecule has 3 saturated carbocycles. The van der Waals surface area contributed by atoms with Crippen LogP contribution in [-0.4, -0.2) is 85.7 Å². The van der Waals surface area contributed by atoms with E-state index in [1.165, 1.54) is 52.0 Å². The molecule has 4 aliphatic carbocycles. The summed E-state index contributed by atoms with van der Waals surface area (Å²) in [5.74, 6) is 0.612. The fourth-order valence-corrected chi connectivity index (χ4v) is 12.9. The van der Waals surface area contributed by atoms with E-state index in [2.05, 4.69) is 39.1 Å². The number of piperidine rings is 1. The Balaban J connectivity index is 0.951. The number of fused-ring (bicyclic) bond motifs is 8. The number of hydrogen-bond donors (Lipinski definition) is 1. The van der Waals surface area contributed by atoms with E-state index in [0.29, 0.717) is 47.0 Å². The highest BCUT2D eigenvalue weighted by molar-refractivity contribution is 5.68. The molecule has 53 heavy (non-hydrogen) atoms. The highest BCUT2D eigenvalue weighted by Gasteiger charge is 2.68. The minimum atomic E-state index is -1.51. The van der Waals surface area contributed by atoms with Crippen LogP contribution in [0.5, 0.6) is 0 Å². The molecule has 8 aliphatic rings. The molecule has 4 saturated heterocycles. The van der Waals surface area contributed by atoms with Gasteiger partial charge in [0.1, 0.15) is 18.4 Å². The van der Waals surface area contributed by atoms with Gasteiger partial charge in [-0.3, -0.25) is 24.4 Å². The van der Waals surface area contributed by atoms with Crippen molar-refractivity contribution in [3.05, 3.63) is 11.6 Å². The third kappa shape index (κ3) is 6.39. The molecule has 0 amide bonds. The summed E-state index contributed by atoms with van der Waals surface area (Å²) < 4.78 is 49.0. The predicted octanol–water partition coefficient (Wildman–Crippen LogP) is 5.55. The molecule has 0 aromatic heterocycles. The molecule has 296 valence electrons. The lowest BCUT2D eigenvalue weighted by atomic mass is 9.47. The first-order chi connectivity index (χ1) is 25.0. The number of esters is 3. The van der Waals surface area contributed by atoms with E-state index in [1.807, 2.05) is 0 Å². The maximum atomic E-state index is 12.2. The average Bonchev–Trinajstić information content (AvgIpc) is 3.67. The summed E-state index contributed by atoms with van der Waals surface area (Å²) >= 11 is 0. The standard InChI is InChI=1S/C41H61NO11/c1-21-11-16-41(42-19-21)22(2)33-31(51-41)18-30-28-10-9-26-17-27(12-14-38(26,6)29(28)13-15-39(30,33)7)50-40(8)52-36-35(48-25(5)45)34(47-24(4)44)32(20-46-23(3)43)49-37(36)53-40/h9,21-22,27-37,42H,10-20H2,1-8H3/t21?,22-,27?,28+,29-,30-,31?,32+,33-,34+,35-,36+,37+,38-,39-,40?,41?/m0/s1. The molecule has 0 aromatic rings. The lowest BCUT2D eigenvalue weighted by Crippen LogP contribution is -2.60. The van der Waals surface area contributed by atoms with Crippen LogP contribution >= 0.6 is 0 Å². The molecular weight excluding hydrogens is 682 g/mol. The minimum Gasteiger partial charge on any atom is -0.463 e. The van der Waals surface area contributed by atoms with Crippen LogP contribution in [0.3, 0.4) is 0 Å². The van der Waals surface area contributed by atoms with Crippen molar-refractivity contribution < 1.29 is 52.3 Å². The first-order valence-corrected chi connectivity index (χ1v) is 20.3. The van der Waals surface area contributed by atoms with Gasteiger partial charge in [-0.05, 0) is 98.2 Å². The number of hydrogen-bond acceptors (Lipinski definition) is 12. The summed E-state index contributed by atoms with van der Waals surface area (Å²) in [6, 6.07) is 0. The predicted molar refractivity (Wildman–Crippen MR) is 189 cm³/mol. The topological polar surface area (TPSA) is 137 Å². The van der Waals surface area contributed by atoms with Crippen LogP contribution in [-0.2, 0) is 52.3 Å². The van der Waals surface area contributed by atoms with Crippen molar-refractivity contribution in [1.82, 2.24) is 5.32 Å². The smallest absolute Gasteiger partial charge is 0.303 e. The molecule has 12 heteroatoms. The zero-order valence-electron chi connectivity index (χ0n) is 32.9. The van der Waals surface area contributed by atoms with Crippen LogP contribution in [0.25, 0.3) is 0 Å². The number of nitrogens with one attached hydrogen (secondary N) is 1. The Labute approximate surface area is 314 Å². The van der Waals surface area contributed by atoms with Crippen LogP contribution in [0, 0.1) is 46.3 Å². The highest BCUT2D eigenvalue weighted by Crippen LogP contribution is 2.70. The van der Waals surface area contributed by atoms with Gasteiger partial charge in [-0.15, -0.1) is 0 Å². The Bertz CT molecular complexity index is 1490. The van der Waals surface area contributed by atoms with Gasteiger partial charge in [0.25, 0.3) is 5.97 Å². The number of carbonyl (C=O) groups excluding carboxylic acids is 3. The van der Waals surface area contributed by atoms with E-state index in [9.17, 15) is 14.4 Å². The van der Waals surface area contributed by atoms with Gasteiger partial charge in [0.05, 0.1) is 12.2 Å². The van der Waals surface area contributed by atoms with E-state index in [-0.39, 0.29) is 23.9 Å². The first kappa shape index (κ1) is 37.8. The van der Waals surface area contributed by atoms with Crippen molar-refractivity contribution in [2.75, 3.05) is 13.2 Å². The largest absolute Gasteiger partial charge is 0.463 e. The Hall–Kier alpha value is -2.09. The van der Waals surface area contributed by atoms with Crippen molar-refractivity contribution in [2.24, 2.45) is 46.3 Å². The highest BCUT2D eigenvalue weighted by atomic mass is 16.9. The zero-order valence-corrected chi connectivity index (χ0v) is 32.9. The van der Waals surface area contributed by atoms with Gasteiger partial charge in [0, 0.05) is 40.2 Å². The van der Waals surface area contributed by atoms with Crippen LogP contribution in [0.4, 0.5) is 0 Å². The Morgan fingerprint density at radius 3 is 2.34 bits per heavy atom. The second-order valence-corrected chi connectivity index (χ2v) is 18.5. The van der Waals surface area contributed by atoms with Gasteiger partial charge < -0.3 is 33.2 Å². The number of rotatable bonds is 6. The molecule has 17 atom stereocenters. The van der Waals surface area contributed by atoms with Gasteiger partial charge in [-0.2, -0.15) is 0 Å². The SMILES string of the molecule is CC(=O)OC[C@H]1O[C@@H]2OC(C)(OC3CC[C@@]4(C)C(=CC[C@H]5[C@@H]6CC7OC8(CCC(C)CN8)[C@@H](C)[C@@H]7[C@@]6(C)CC[C@@H]54)C3)O[C@@H]2[C@@H](OC(C)=O)[C@@H]1OC(C)=O. The molecule has 1 spiro atoms. The van der Waals surface area contributed by atoms with Gasteiger partial charge in [-0.25, -0.2) is 0 Å². The van der Waals surface area contributed by atoms with Gasteiger partial charge in [0.15, 0.2) is 24.6 Å². The lowest BCUT2D eigenvalue weighted by molar-refractivity contribution is -0.360. The summed E-state index contributed by atoms with van der Waals surface area (Å²) in [7, 11) is 0. The lowest BCUT2D eigenvalue weighted by Gasteiger charge is -2.58. The van der Waals surface area contributed by atoms with Crippen molar-refractivity contribution in [2.45, 2.75) is 168 Å². The molecule has 7 fully saturated rings. The molecule has 4 aliphatic heterocycles. The molecule has 8 rings (SSSR count). The summed E-state index contributed by atoms with van der Waals surface area (Å²) in [5, 5.41) is 3.89. The van der Waals surface area contributed by atoms with Crippen LogP contribution in [0.2, 0.25) is 0 Å². The van der Waals surface area contributed by atoms with E-state index in [4.69, 9.17) is 37.9 Å². The minimum absolute atomic E-state index is 0.119. The molecule has 12 nitrogen and oxygen atoms in total. The molecule has 5 unspecified atom stereocenters. The van der Waals surface area contributed by atoms with Gasteiger partial charge >= 0.3 is 17.9 Å². The Morgan fingerprint density at radius 1 is 0.887 bits per heavy atom. The molecule has 0 radical (unpaired) electrons. The number of ether oxygens (including phenoxy) is 8. The Morgan fingerprint density at radius 2 is 1.64 bits per heavy atom. The van der Waals surface area contributed by atoms with Gasteiger partial charge in [0.2, 0.25) is 0 Å². The van der Waals surface area contributed by atoms with E-state index in [0.717, 1.165) is 38.6 Å². The first-order valence-electron chi connectivity index (χ1n) is 20.3. The van der Waals surface area contributed by atoms with Crippen molar-refractivity contribution in [3.8, 4) is 0 Å². The fraction of sp³-hybridized carbons (Fsp3) is 0.878. The van der Waals surface area contributed by atoms with Crippen molar-refractivity contribution in [3.63, 3.8) is 0 Å². The second-order valence-electron chi connectivity index (χ2n) is 18.5. The van der Waals surface area contributed by atoms with Gasteiger partial charge in [-0.1, -0.05) is 39.3 Å². The number of carbonyl (C=O) groups is 3. The third-order valence-corrected chi connectivity index (χ3v) is 15.2. The molecular formula is C41H61NO11.